The summed E-state index contributed by atoms with van der Waals surface area (Å²) in [5.74, 6) is -0.542. The largest absolute Gasteiger partial charge is 0.398 e. The lowest BCUT2D eigenvalue weighted by Gasteiger charge is -2.14. The topological polar surface area (TPSA) is 53.0 Å². The van der Waals surface area contributed by atoms with E-state index in [1.165, 1.54) is 23.9 Å². The fraction of sp³-hybridized carbons (Fsp3) is 0.188. The third-order valence-corrected chi connectivity index (χ3v) is 4.09. The van der Waals surface area contributed by atoms with Gasteiger partial charge < -0.3 is 10.6 Å². The summed E-state index contributed by atoms with van der Waals surface area (Å²) in [5, 5.41) is 8.81. The monoisotopic (exact) mass is 301 g/mol. The SMILES string of the molecule is CN(C)Cc1ccccc1Sc1cc(F)c(C#N)cc1N. The van der Waals surface area contributed by atoms with E-state index in [0.29, 0.717) is 10.6 Å². The van der Waals surface area contributed by atoms with E-state index >= 15 is 0 Å². The molecule has 0 aliphatic carbocycles. The van der Waals surface area contributed by atoms with Crippen LogP contribution >= 0.6 is 11.8 Å². The summed E-state index contributed by atoms with van der Waals surface area (Å²) >= 11 is 1.42. The second kappa shape index (κ2) is 6.61. The summed E-state index contributed by atoms with van der Waals surface area (Å²) in [7, 11) is 3.99. The van der Waals surface area contributed by atoms with Crippen molar-refractivity contribution in [2.75, 3.05) is 19.8 Å². The molecular formula is C16H16FN3S. The Hall–Kier alpha value is -2.03. The smallest absolute Gasteiger partial charge is 0.142 e. The highest BCUT2D eigenvalue weighted by Crippen LogP contribution is 2.35. The summed E-state index contributed by atoms with van der Waals surface area (Å²) in [6, 6.07) is 12.4. The summed E-state index contributed by atoms with van der Waals surface area (Å²) in [6.07, 6.45) is 0. The van der Waals surface area contributed by atoms with Crippen LogP contribution < -0.4 is 5.73 Å². The zero-order valence-electron chi connectivity index (χ0n) is 11.9. The number of hydrogen-bond acceptors (Lipinski definition) is 4. The molecule has 0 heterocycles. The van der Waals surface area contributed by atoms with Crippen LogP contribution in [-0.4, -0.2) is 19.0 Å². The minimum atomic E-state index is -0.542. The maximum Gasteiger partial charge on any atom is 0.142 e. The van der Waals surface area contributed by atoms with Crippen LogP contribution in [0.2, 0.25) is 0 Å². The fourth-order valence-electron chi connectivity index (χ4n) is 1.94. The molecule has 2 rings (SSSR count). The van der Waals surface area contributed by atoms with Crippen LogP contribution in [0.4, 0.5) is 10.1 Å². The van der Waals surface area contributed by atoms with E-state index in [9.17, 15) is 4.39 Å². The Labute approximate surface area is 128 Å². The molecule has 0 fully saturated rings. The summed E-state index contributed by atoms with van der Waals surface area (Å²) in [4.78, 5) is 3.72. The number of nitriles is 1. The number of benzene rings is 2. The van der Waals surface area contributed by atoms with Crippen molar-refractivity contribution in [2.45, 2.75) is 16.3 Å². The highest BCUT2D eigenvalue weighted by molar-refractivity contribution is 7.99. The van der Waals surface area contributed by atoms with Gasteiger partial charge in [0, 0.05) is 22.0 Å². The predicted molar refractivity (Wildman–Crippen MR) is 83.5 cm³/mol. The van der Waals surface area contributed by atoms with Crippen LogP contribution in [0.25, 0.3) is 0 Å². The lowest BCUT2D eigenvalue weighted by atomic mass is 10.2. The lowest BCUT2D eigenvalue weighted by Crippen LogP contribution is -2.11. The average Bonchev–Trinajstić information content (AvgIpc) is 2.44. The molecule has 0 saturated heterocycles. The van der Waals surface area contributed by atoms with Gasteiger partial charge in [-0.2, -0.15) is 5.26 Å². The van der Waals surface area contributed by atoms with Crippen LogP contribution in [0.5, 0.6) is 0 Å². The Morgan fingerprint density at radius 1 is 1.24 bits per heavy atom. The van der Waals surface area contributed by atoms with Gasteiger partial charge in [-0.3, -0.25) is 0 Å². The number of nitrogens with zero attached hydrogens (tertiary/aromatic N) is 2. The Balaban J connectivity index is 2.35. The molecule has 5 heteroatoms. The third kappa shape index (κ3) is 3.75. The van der Waals surface area contributed by atoms with Gasteiger partial charge in [-0.25, -0.2) is 4.39 Å². The van der Waals surface area contributed by atoms with Crippen molar-refractivity contribution in [3.8, 4) is 6.07 Å². The van der Waals surface area contributed by atoms with Crippen molar-refractivity contribution in [3.63, 3.8) is 0 Å². The van der Waals surface area contributed by atoms with Crippen molar-refractivity contribution in [1.82, 2.24) is 4.90 Å². The molecule has 0 bridgehead atoms. The number of rotatable bonds is 4. The summed E-state index contributed by atoms with van der Waals surface area (Å²) in [6.45, 7) is 0.793. The zero-order valence-corrected chi connectivity index (χ0v) is 12.7. The van der Waals surface area contributed by atoms with Gasteiger partial charge in [0.1, 0.15) is 11.9 Å². The maximum atomic E-state index is 13.7. The van der Waals surface area contributed by atoms with E-state index in [4.69, 9.17) is 11.0 Å². The number of nitrogen functional groups attached to an aromatic ring is 1. The molecule has 0 aliphatic heterocycles. The van der Waals surface area contributed by atoms with E-state index in [1.807, 2.05) is 38.4 Å². The predicted octanol–water partition coefficient (Wildman–Crippen LogP) is 3.49. The Morgan fingerprint density at radius 2 is 1.95 bits per heavy atom. The molecule has 2 aromatic rings. The van der Waals surface area contributed by atoms with Crippen LogP contribution in [0.1, 0.15) is 11.1 Å². The number of halogens is 1. The van der Waals surface area contributed by atoms with Crippen molar-refractivity contribution in [2.24, 2.45) is 0 Å². The second-order valence-corrected chi connectivity index (χ2v) is 6.01. The normalized spacial score (nSPS) is 10.6. The number of hydrogen-bond donors (Lipinski definition) is 1. The van der Waals surface area contributed by atoms with Gasteiger partial charge in [0.05, 0.1) is 5.56 Å². The number of anilines is 1. The van der Waals surface area contributed by atoms with Crippen LogP contribution in [0, 0.1) is 17.1 Å². The first kappa shape index (κ1) is 15.4. The lowest BCUT2D eigenvalue weighted by molar-refractivity contribution is 0.399. The minimum absolute atomic E-state index is 0.0292. The average molecular weight is 301 g/mol. The minimum Gasteiger partial charge on any atom is -0.398 e. The van der Waals surface area contributed by atoms with E-state index in [0.717, 1.165) is 17.0 Å². The summed E-state index contributed by atoms with van der Waals surface area (Å²) in [5.41, 5.74) is 7.45. The van der Waals surface area contributed by atoms with E-state index in [1.54, 1.807) is 6.07 Å². The molecule has 0 spiro atoms. The molecule has 0 aromatic heterocycles. The molecule has 108 valence electrons. The van der Waals surface area contributed by atoms with Crippen molar-refractivity contribution in [1.29, 1.82) is 5.26 Å². The maximum absolute atomic E-state index is 13.7. The van der Waals surface area contributed by atoms with E-state index < -0.39 is 5.82 Å². The molecule has 2 N–H and O–H groups in total. The van der Waals surface area contributed by atoms with E-state index in [2.05, 4.69) is 4.90 Å². The van der Waals surface area contributed by atoms with Gasteiger partial charge >= 0.3 is 0 Å². The second-order valence-electron chi connectivity index (χ2n) is 4.93. The van der Waals surface area contributed by atoms with E-state index in [-0.39, 0.29) is 5.56 Å². The third-order valence-electron chi connectivity index (χ3n) is 2.90. The molecular weight excluding hydrogens is 285 g/mol. The molecule has 2 aromatic carbocycles. The standard InChI is InChI=1S/C16H16FN3S/c1-20(2)10-11-5-3-4-6-15(11)21-16-8-13(17)12(9-18)7-14(16)19/h3-8H,10,19H2,1-2H3. The van der Waals surface area contributed by atoms with Gasteiger partial charge in [-0.05, 0) is 37.9 Å². The quantitative estimate of drug-likeness (QED) is 0.878. The Morgan fingerprint density at radius 3 is 2.62 bits per heavy atom. The van der Waals surface area contributed by atoms with Crippen LogP contribution in [-0.2, 0) is 6.54 Å². The molecule has 0 radical (unpaired) electrons. The fourth-order valence-corrected chi connectivity index (χ4v) is 2.93. The van der Waals surface area contributed by atoms with Crippen molar-refractivity contribution >= 4 is 17.4 Å². The first-order chi connectivity index (χ1) is 10.0. The highest BCUT2D eigenvalue weighted by Gasteiger charge is 2.11. The Bertz CT molecular complexity index is 692. The van der Waals surface area contributed by atoms with Gasteiger partial charge in [0.25, 0.3) is 0 Å². The molecule has 0 saturated carbocycles. The highest BCUT2D eigenvalue weighted by atomic mass is 32.2. The van der Waals surface area contributed by atoms with Crippen LogP contribution in [0.3, 0.4) is 0 Å². The van der Waals surface area contributed by atoms with Crippen molar-refractivity contribution < 1.29 is 4.39 Å². The van der Waals surface area contributed by atoms with Gasteiger partial charge in [-0.15, -0.1) is 0 Å². The molecule has 3 nitrogen and oxygen atoms in total. The molecule has 0 unspecified atom stereocenters. The molecule has 0 amide bonds. The summed E-state index contributed by atoms with van der Waals surface area (Å²) < 4.78 is 13.7. The van der Waals surface area contributed by atoms with Gasteiger partial charge in [0.2, 0.25) is 0 Å². The first-order valence-electron chi connectivity index (χ1n) is 6.41. The van der Waals surface area contributed by atoms with Crippen LogP contribution in [0.15, 0.2) is 46.2 Å². The zero-order chi connectivity index (χ0) is 15.4. The molecule has 0 atom stereocenters. The molecule has 21 heavy (non-hydrogen) atoms. The first-order valence-corrected chi connectivity index (χ1v) is 7.22. The van der Waals surface area contributed by atoms with Gasteiger partial charge in [0.15, 0.2) is 0 Å². The number of nitrogens with two attached hydrogens (primary N) is 1. The van der Waals surface area contributed by atoms with Gasteiger partial charge in [-0.1, -0.05) is 30.0 Å². The van der Waals surface area contributed by atoms with Crippen molar-refractivity contribution in [3.05, 3.63) is 53.3 Å². The molecule has 0 aliphatic rings. The Kier molecular flexibility index (Phi) is 4.84.